The first-order valence-corrected chi connectivity index (χ1v) is 7.12. The number of aliphatic hydroxyl groups excluding tert-OH is 1. The third-order valence-corrected chi connectivity index (χ3v) is 3.05. The molecule has 0 radical (unpaired) electrons. The van der Waals surface area contributed by atoms with Gasteiger partial charge in [-0.15, -0.1) is 0 Å². The Morgan fingerprint density at radius 2 is 1.89 bits per heavy atom. The average Bonchev–Trinajstić information content (AvgIpc) is 2.29. The highest BCUT2D eigenvalue weighted by Gasteiger charge is 2.24. The van der Waals surface area contributed by atoms with Crippen LogP contribution in [0.5, 0.6) is 0 Å². The minimum absolute atomic E-state index is 0.176. The van der Waals surface area contributed by atoms with Gasteiger partial charge < -0.3 is 19.9 Å². The molecule has 5 heteroatoms. The SMILES string of the molecule is CC(C)(C)OC(=O)N[C@H]1CC[C@H](OCCCO)CC1. The van der Waals surface area contributed by atoms with Gasteiger partial charge in [0.25, 0.3) is 0 Å². The van der Waals surface area contributed by atoms with E-state index in [1.807, 2.05) is 20.8 Å². The average molecular weight is 273 g/mol. The summed E-state index contributed by atoms with van der Waals surface area (Å²) >= 11 is 0. The van der Waals surface area contributed by atoms with Gasteiger partial charge in [-0.1, -0.05) is 0 Å². The van der Waals surface area contributed by atoms with Gasteiger partial charge in [-0.2, -0.15) is 0 Å². The summed E-state index contributed by atoms with van der Waals surface area (Å²) in [5.74, 6) is 0. The van der Waals surface area contributed by atoms with Crippen LogP contribution in [0.25, 0.3) is 0 Å². The van der Waals surface area contributed by atoms with Crippen molar-refractivity contribution < 1.29 is 19.4 Å². The third kappa shape index (κ3) is 7.38. The Balaban J connectivity index is 2.17. The molecule has 0 atom stereocenters. The molecular weight excluding hydrogens is 246 g/mol. The van der Waals surface area contributed by atoms with Crippen molar-refractivity contribution in [3.8, 4) is 0 Å². The molecule has 0 spiro atoms. The highest BCUT2D eigenvalue weighted by Crippen LogP contribution is 2.21. The van der Waals surface area contributed by atoms with Crippen LogP contribution in [0.3, 0.4) is 0 Å². The van der Waals surface area contributed by atoms with E-state index in [1.165, 1.54) is 0 Å². The van der Waals surface area contributed by atoms with Crippen LogP contribution in [0.1, 0.15) is 52.9 Å². The first-order valence-electron chi connectivity index (χ1n) is 7.12. The Kier molecular flexibility index (Phi) is 6.58. The van der Waals surface area contributed by atoms with Gasteiger partial charge in [0.15, 0.2) is 0 Å². The first-order chi connectivity index (χ1) is 8.90. The number of hydrogen-bond acceptors (Lipinski definition) is 4. The van der Waals surface area contributed by atoms with Gasteiger partial charge >= 0.3 is 6.09 Å². The molecule has 0 bridgehead atoms. The summed E-state index contributed by atoms with van der Waals surface area (Å²) in [5.41, 5.74) is -0.450. The number of alkyl carbamates (subject to hydrolysis) is 1. The topological polar surface area (TPSA) is 67.8 Å². The number of aliphatic hydroxyl groups is 1. The molecule has 112 valence electrons. The number of nitrogens with one attached hydrogen (secondary N) is 1. The van der Waals surface area contributed by atoms with Crippen molar-refractivity contribution in [3.63, 3.8) is 0 Å². The maximum absolute atomic E-state index is 11.6. The summed E-state index contributed by atoms with van der Waals surface area (Å²) in [6.07, 6.45) is 4.36. The first kappa shape index (κ1) is 16.2. The predicted octanol–water partition coefficient (Wildman–Crippen LogP) is 2.22. The van der Waals surface area contributed by atoms with Crippen molar-refractivity contribution in [1.29, 1.82) is 0 Å². The molecule has 0 aromatic heterocycles. The van der Waals surface area contributed by atoms with Crippen LogP contribution >= 0.6 is 0 Å². The zero-order chi connectivity index (χ0) is 14.3. The van der Waals surface area contributed by atoms with E-state index >= 15 is 0 Å². The predicted molar refractivity (Wildman–Crippen MR) is 73.1 cm³/mol. The second kappa shape index (κ2) is 7.70. The van der Waals surface area contributed by atoms with Crippen LogP contribution in [0.15, 0.2) is 0 Å². The lowest BCUT2D eigenvalue weighted by atomic mass is 9.93. The number of carbonyl (C=O) groups is 1. The van der Waals surface area contributed by atoms with Crippen LogP contribution in [-0.4, -0.2) is 42.2 Å². The minimum Gasteiger partial charge on any atom is -0.444 e. The molecule has 19 heavy (non-hydrogen) atoms. The molecule has 1 rings (SSSR count). The highest BCUT2D eigenvalue weighted by atomic mass is 16.6. The molecule has 0 saturated heterocycles. The minimum atomic E-state index is -0.450. The second-order valence-electron chi connectivity index (χ2n) is 6.07. The molecule has 5 nitrogen and oxygen atoms in total. The van der Waals surface area contributed by atoms with Crippen molar-refractivity contribution in [2.75, 3.05) is 13.2 Å². The molecule has 1 aliphatic rings. The van der Waals surface area contributed by atoms with Crippen LogP contribution < -0.4 is 5.32 Å². The smallest absolute Gasteiger partial charge is 0.407 e. The van der Waals surface area contributed by atoms with Crippen LogP contribution in [0.4, 0.5) is 4.79 Å². The third-order valence-electron chi connectivity index (χ3n) is 3.05. The Hall–Kier alpha value is -0.810. The van der Waals surface area contributed by atoms with E-state index < -0.39 is 5.60 Å². The van der Waals surface area contributed by atoms with Crippen molar-refractivity contribution >= 4 is 6.09 Å². The summed E-state index contributed by atoms with van der Waals surface area (Å²) in [7, 11) is 0. The van der Waals surface area contributed by atoms with E-state index in [9.17, 15) is 4.79 Å². The molecule has 1 fully saturated rings. The normalized spacial score (nSPS) is 24.0. The van der Waals surface area contributed by atoms with Crippen molar-refractivity contribution in [1.82, 2.24) is 5.32 Å². The van der Waals surface area contributed by atoms with Crippen molar-refractivity contribution in [2.24, 2.45) is 0 Å². The van der Waals surface area contributed by atoms with Crippen molar-refractivity contribution in [3.05, 3.63) is 0 Å². The van der Waals surface area contributed by atoms with E-state index in [2.05, 4.69) is 5.32 Å². The Bertz CT molecular complexity index is 267. The lowest BCUT2D eigenvalue weighted by Gasteiger charge is -2.30. The summed E-state index contributed by atoms with van der Waals surface area (Å²) in [4.78, 5) is 11.6. The Morgan fingerprint density at radius 1 is 1.26 bits per heavy atom. The Labute approximate surface area is 115 Å². The molecule has 0 aromatic carbocycles. The zero-order valence-corrected chi connectivity index (χ0v) is 12.3. The van der Waals surface area contributed by atoms with E-state index in [1.54, 1.807) is 0 Å². The summed E-state index contributed by atoms with van der Waals surface area (Å²) in [6, 6.07) is 0.188. The number of ether oxygens (including phenoxy) is 2. The summed E-state index contributed by atoms with van der Waals surface area (Å²) in [5, 5.41) is 11.6. The molecular formula is C14H27NO4. The maximum Gasteiger partial charge on any atom is 0.407 e. The van der Waals surface area contributed by atoms with Gasteiger partial charge in [0.05, 0.1) is 6.10 Å². The maximum atomic E-state index is 11.6. The van der Waals surface area contributed by atoms with Gasteiger partial charge in [0.2, 0.25) is 0 Å². The van der Waals surface area contributed by atoms with E-state index in [0.717, 1.165) is 25.7 Å². The van der Waals surface area contributed by atoms with Gasteiger partial charge in [-0.25, -0.2) is 4.79 Å². The highest BCUT2D eigenvalue weighted by molar-refractivity contribution is 5.68. The fourth-order valence-corrected chi connectivity index (χ4v) is 2.16. The monoisotopic (exact) mass is 273 g/mol. The van der Waals surface area contributed by atoms with Gasteiger partial charge in [0.1, 0.15) is 5.60 Å². The number of rotatable bonds is 5. The van der Waals surface area contributed by atoms with Crippen LogP contribution in [-0.2, 0) is 9.47 Å². The summed E-state index contributed by atoms with van der Waals surface area (Å²) in [6.45, 7) is 6.37. The van der Waals surface area contributed by atoms with E-state index in [0.29, 0.717) is 13.0 Å². The van der Waals surface area contributed by atoms with Crippen LogP contribution in [0, 0.1) is 0 Å². The van der Waals surface area contributed by atoms with E-state index in [-0.39, 0.29) is 24.8 Å². The molecule has 1 amide bonds. The number of hydrogen-bond donors (Lipinski definition) is 2. The lowest BCUT2D eigenvalue weighted by molar-refractivity contribution is 0.0125. The molecule has 1 aliphatic carbocycles. The quantitative estimate of drug-likeness (QED) is 0.754. The van der Waals surface area contributed by atoms with Crippen LogP contribution in [0.2, 0.25) is 0 Å². The molecule has 0 aromatic rings. The lowest BCUT2D eigenvalue weighted by Crippen LogP contribution is -2.41. The number of amides is 1. The van der Waals surface area contributed by atoms with Gasteiger partial charge in [-0.3, -0.25) is 0 Å². The molecule has 2 N–H and O–H groups in total. The van der Waals surface area contributed by atoms with Gasteiger partial charge in [-0.05, 0) is 52.9 Å². The zero-order valence-electron chi connectivity index (χ0n) is 12.3. The second-order valence-corrected chi connectivity index (χ2v) is 6.07. The summed E-state index contributed by atoms with van der Waals surface area (Å²) < 4.78 is 10.9. The number of carbonyl (C=O) groups excluding carboxylic acids is 1. The van der Waals surface area contributed by atoms with E-state index in [4.69, 9.17) is 14.6 Å². The fraction of sp³-hybridized carbons (Fsp3) is 0.929. The molecule has 0 unspecified atom stereocenters. The molecule has 0 aliphatic heterocycles. The fourth-order valence-electron chi connectivity index (χ4n) is 2.16. The van der Waals surface area contributed by atoms with Crippen molar-refractivity contribution in [2.45, 2.75) is 70.6 Å². The Morgan fingerprint density at radius 3 is 2.42 bits per heavy atom. The molecule has 1 saturated carbocycles. The largest absolute Gasteiger partial charge is 0.444 e. The molecule has 0 heterocycles. The van der Waals surface area contributed by atoms with Gasteiger partial charge in [0, 0.05) is 19.3 Å². The standard InChI is InChI=1S/C14H27NO4/c1-14(2,3)19-13(17)15-11-5-7-12(8-6-11)18-10-4-9-16/h11-12,16H,4-10H2,1-3H3,(H,15,17)/t11-,12-.